The van der Waals surface area contributed by atoms with E-state index in [0.29, 0.717) is 37.6 Å². The SMILES string of the molecule is O=C(NCCCCc1ccccc1)[C@]1(C/C=C/c2ccccc2)N=C(c2ccc(OCCCO)cc2)O[C@@H]1c1ccc(Br)cc1. The summed E-state index contributed by atoms with van der Waals surface area (Å²) in [6, 6.07) is 35.8. The number of halogens is 1. The average molecular weight is 668 g/mol. The standard InChI is InChI=1S/C38H39BrN2O4/c39-33-21-17-31(18-22-33)35-38(25-9-16-30-13-5-2-6-14-30,37(43)40-26-8-7-15-29-11-3-1-4-12-29)41-36(45-35)32-19-23-34(24-20-32)44-28-10-27-42/h1-6,9,11-14,16-24,35,42H,7-8,10,15,25-28H2,(H,40,43)/b16-9+/t35-,38-/m1/s1. The summed E-state index contributed by atoms with van der Waals surface area (Å²) in [5.74, 6) is 0.949. The number of unbranched alkanes of at least 4 members (excludes halogenated alkanes) is 1. The van der Waals surface area contributed by atoms with Gasteiger partial charge in [0.05, 0.1) is 6.61 Å². The molecule has 0 unspecified atom stereocenters. The molecule has 2 atom stereocenters. The van der Waals surface area contributed by atoms with Crippen molar-refractivity contribution in [3.8, 4) is 5.75 Å². The van der Waals surface area contributed by atoms with Gasteiger partial charge in [-0.3, -0.25) is 4.79 Å². The smallest absolute Gasteiger partial charge is 0.252 e. The number of aliphatic imine (C=N–C) groups is 1. The maximum atomic E-state index is 14.3. The third-order valence-electron chi connectivity index (χ3n) is 7.76. The number of aryl methyl sites for hydroxylation is 1. The molecule has 4 aromatic carbocycles. The fourth-order valence-corrected chi connectivity index (χ4v) is 5.61. The lowest BCUT2D eigenvalue weighted by Crippen LogP contribution is -2.48. The van der Waals surface area contributed by atoms with Crippen molar-refractivity contribution in [2.75, 3.05) is 19.8 Å². The predicted octanol–water partition coefficient (Wildman–Crippen LogP) is 7.71. The Labute approximate surface area is 274 Å². The largest absolute Gasteiger partial charge is 0.494 e. The maximum absolute atomic E-state index is 14.3. The minimum Gasteiger partial charge on any atom is -0.494 e. The van der Waals surface area contributed by atoms with E-state index in [1.54, 1.807) is 0 Å². The number of benzene rings is 4. The Hall–Kier alpha value is -4.20. The molecule has 0 bridgehead atoms. The van der Waals surface area contributed by atoms with Gasteiger partial charge in [0, 0.05) is 36.0 Å². The number of aliphatic hydroxyl groups excluding tert-OH is 1. The second-order valence-electron chi connectivity index (χ2n) is 11.1. The van der Waals surface area contributed by atoms with Gasteiger partial charge >= 0.3 is 0 Å². The summed E-state index contributed by atoms with van der Waals surface area (Å²) in [6.45, 7) is 1.06. The number of nitrogens with one attached hydrogen (secondary N) is 1. The summed E-state index contributed by atoms with van der Waals surface area (Å²) in [6.07, 6.45) is 7.12. The average Bonchev–Trinajstić information content (AvgIpc) is 3.47. The Kier molecular flexibility index (Phi) is 11.6. The van der Waals surface area contributed by atoms with E-state index in [0.717, 1.165) is 40.4 Å². The van der Waals surface area contributed by atoms with Crippen LogP contribution in [0.1, 0.15) is 54.0 Å². The van der Waals surface area contributed by atoms with Gasteiger partial charge in [-0.15, -0.1) is 0 Å². The van der Waals surface area contributed by atoms with Gasteiger partial charge in [-0.05, 0) is 72.4 Å². The molecule has 0 aliphatic carbocycles. The normalized spacial score (nSPS) is 17.6. The van der Waals surface area contributed by atoms with Gasteiger partial charge in [0.25, 0.3) is 5.91 Å². The second-order valence-corrected chi connectivity index (χ2v) is 12.0. The lowest BCUT2D eigenvalue weighted by molar-refractivity contribution is -0.128. The number of nitrogens with zero attached hydrogens (tertiary/aromatic N) is 1. The molecule has 2 N–H and O–H groups in total. The van der Waals surface area contributed by atoms with E-state index in [2.05, 4.69) is 45.5 Å². The monoisotopic (exact) mass is 666 g/mol. The van der Waals surface area contributed by atoms with Gasteiger partial charge in [0.2, 0.25) is 5.90 Å². The molecule has 232 valence electrons. The molecule has 0 radical (unpaired) electrons. The molecule has 1 aliphatic heterocycles. The van der Waals surface area contributed by atoms with Crippen LogP contribution in [0.5, 0.6) is 5.75 Å². The molecule has 0 saturated carbocycles. The van der Waals surface area contributed by atoms with Crippen LogP contribution in [0.3, 0.4) is 0 Å². The van der Waals surface area contributed by atoms with Crippen LogP contribution in [-0.4, -0.2) is 42.2 Å². The third kappa shape index (κ3) is 8.71. The summed E-state index contributed by atoms with van der Waals surface area (Å²) in [5, 5.41) is 12.3. The topological polar surface area (TPSA) is 80.2 Å². The number of ether oxygens (including phenoxy) is 2. The lowest BCUT2D eigenvalue weighted by atomic mass is 9.84. The van der Waals surface area contributed by atoms with Crippen molar-refractivity contribution in [1.82, 2.24) is 5.32 Å². The first-order valence-electron chi connectivity index (χ1n) is 15.5. The van der Waals surface area contributed by atoms with Crippen molar-refractivity contribution in [3.05, 3.63) is 142 Å². The zero-order valence-electron chi connectivity index (χ0n) is 25.3. The Bertz CT molecular complexity index is 1560. The second kappa shape index (κ2) is 16.2. The molecule has 45 heavy (non-hydrogen) atoms. The Morgan fingerprint density at radius 2 is 1.62 bits per heavy atom. The highest BCUT2D eigenvalue weighted by Gasteiger charge is 2.52. The van der Waals surface area contributed by atoms with Crippen molar-refractivity contribution in [2.45, 2.75) is 43.7 Å². The number of carbonyl (C=O) groups excluding carboxylic acids is 1. The van der Waals surface area contributed by atoms with E-state index in [-0.39, 0.29) is 12.5 Å². The van der Waals surface area contributed by atoms with Crippen molar-refractivity contribution >= 4 is 33.8 Å². The van der Waals surface area contributed by atoms with Gasteiger partial charge in [-0.2, -0.15) is 0 Å². The summed E-state index contributed by atoms with van der Waals surface area (Å²) in [7, 11) is 0. The van der Waals surface area contributed by atoms with Crippen LogP contribution in [-0.2, 0) is 16.0 Å². The number of rotatable bonds is 15. The summed E-state index contributed by atoms with van der Waals surface area (Å²) in [5.41, 5.74) is 2.76. The van der Waals surface area contributed by atoms with Crippen LogP contribution < -0.4 is 10.1 Å². The van der Waals surface area contributed by atoms with Gasteiger partial charge in [0.15, 0.2) is 11.6 Å². The fraction of sp³-hybridized carbons (Fsp3) is 0.263. The molecule has 0 aromatic heterocycles. The Morgan fingerprint density at radius 1 is 0.911 bits per heavy atom. The number of carbonyl (C=O) groups is 1. The maximum Gasteiger partial charge on any atom is 0.252 e. The van der Waals surface area contributed by atoms with Crippen LogP contribution in [0.4, 0.5) is 0 Å². The molecule has 4 aromatic rings. The van der Waals surface area contributed by atoms with Crippen LogP contribution >= 0.6 is 15.9 Å². The molecule has 1 heterocycles. The minimum absolute atomic E-state index is 0.0794. The highest BCUT2D eigenvalue weighted by Crippen LogP contribution is 2.43. The molecule has 7 heteroatoms. The lowest BCUT2D eigenvalue weighted by Gasteiger charge is -2.30. The zero-order chi connectivity index (χ0) is 31.3. The molecule has 6 nitrogen and oxygen atoms in total. The highest BCUT2D eigenvalue weighted by atomic mass is 79.9. The minimum atomic E-state index is -1.22. The molecule has 0 fully saturated rings. The van der Waals surface area contributed by atoms with Gasteiger partial charge in [-0.1, -0.05) is 101 Å². The number of hydrogen-bond donors (Lipinski definition) is 2. The summed E-state index contributed by atoms with van der Waals surface area (Å²) >= 11 is 3.54. The Morgan fingerprint density at radius 3 is 2.33 bits per heavy atom. The van der Waals surface area contributed by atoms with Crippen LogP contribution in [0, 0.1) is 0 Å². The molecule has 1 aliphatic rings. The zero-order valence-corrected chi connectivity index (χ0v) is 26.9. The molecule has 1 amide bonds. The van der Waals surface area contributed by atoms with Crippen LogP contribution in [0.25, 0.3) is 6.08 Å². The van der Waals surface area contributed by atoms with Gasteiger partial charge in [-0.25, -0.2) is 4.99 Å². The van der Waals surface area contributed by atoms with E-state index in [1.165, 1.54) is 5.56 Å². The first-order valence-corrected chi connectivity index (χ1v) is 16.3. The Balaban J connectivity index is 1.42. The van der Waals surface area contributed by atoms with E-state index >= 15 is 0 Å². The first-order chi connectivity index (χ1) is 22.1. The summed E-state index contributed by atoms with van der Waals surface area (Å²) in [4.78, 5) is 19.4. The van der Waals surface area contributed by atoms with Crippen molar-refractivity contribution < 1.29 is 19.4 Å². The molecular formula is C38H39BrN2O4. The number of aliphatic hydroxyl groups is 1. The predicted molar refractivity (Wildman–Crippen MR) is 183 cm³/mol. The van der Waals surface area contributed by atoms with Crippen molar-refractivity contribution in [2.24, 2.45) is 4.99 Å². The van der Waals surface area contributed by atoms with Crippen molar-refractivity contribution in [3.63, 3.8) is 0 Å². The van der Waals surface area contributed by atoms with E-state index < -0.39 is 11.6 Å². The van der Waals surface area contributed by atoms with Crippen LogP contribution in [0.2, 0.25) is 0 Å². The molecule has 0 saturated heterocycles. The fourth-order valence-electron chi connectivity index (χ4n) is 5.35. The number of hydrogen-bond acceptors (Lipinski definition) is 5. The summed E-state index contributed by atoms with van der Waals surface area (Å²) < 4.78 is 13.3. The molecule has 0 spiro atoms. The van der Waals surface area contributed by atoms with Gasteiger partial charge < -0.3 is 19.9 Å². The third-order valence-corrected chi connectivity index (χ3v) is 8.29. The number of amides is 1. The van der Waals surface area contributed by atoms with Crippen LogP contribution in [0.15, 0.2) is 125 Å². The molecule has 5 rings (SSSR count). The van der Waals surface area contributed by atoms with Crippen molar-refractivity contribution in [1.29, 1.82) is 0 Å². The van der Waals surface area contributed by atoms with Gasteiger partial charge in [0.1, 0.15) is 5.75 Å². The van der Waals surface area contributed by atoms with E-state index in [1.807, 2.05) is 97.1 Å². The quantitative estimate of drug-likeness (QED) is 0.127. The highest BCUT2D eigenvalue weighted by molar-refractivity contribution is 9.10. The molecular weight excluding hydrogens is 628 g/mol. The van der Waals surface area contributed by atoms with E-state index in [9.17, 15) is 4.79 Å². The first kappa shape index (κ1) is 32.2. The van der Waals surface area contributed by atoms with E-state index in [4.69, 9.17) is 19.6 Å².